The first kappa shape index (κ1) is 16.8. The number of hydrogen-bond donors (Lipinski definition) is 1. The predicted octanol–water partition coefficient (Wildman–Crippen LogP) is 3.94. The number of benzene rings is 2. The van der Waals surface area contributed by atoms with Crippen molar-refractivity contribution in [1.82, 2.24) is 4.98 Å². The Kier molecular flexibility index (Phi) is 4.18. The Morgan fingerprint density at radius 3 is 2.64 bits per heavy atom. The minimum absolute atomic E-state index is 0.177. The van der Waals surface area contributed by atoms with Crippen LogP contribution in [0.4, 0.5) is 11.5 Å². The van der Waals surface area contributed by atoms with Gasteiger partial charge in [-0.3, -0.25) is 4.79 Å². The lowest BCUT2D eigenvalue weighted by atomic mass is 10.0. The first-order valence-electron chi connectivity index (χ1n) is 9.29. The van der Waals surface area contributed by atoms with Gasteiger partial charge in [-0.05, 0) is 47.5 Å². The number of nitrogens with zero attached hydrogens (tertiary/aromatic N) is 2. The molecule has 0 bridgehead atoms. The van der Waals surface area contributed by atoms with E-state index in [1.54, 1.807) is 6.20 Å². The van der Waals surface area contributed by atoms with Crippen molar-refractivity contribution < 1.29 is 14.3 Å². The van der Waals surface area contributed by atoms with Gasteiger partial charge in [-0.25, -0.2) is 4.98 Å². The van der Waals surface area contributed by atoms with E-state index in [4.69, 9.17) is 9.47 Å². The number of carbonyl (C=O) groups is 1. The van der Waals surface area contributed by atoms with Crippen molar-refractivity contribution >= 4 is 17.4 Å². The molecule has 2 aliphatic heterocycles. The van der Waals surface area contributed by atoms with Crippen molar-refractivity contribution in [2.75, 3.05) is 36.5 Å². The van der Waals surface area contributed by atoms with Crippen LogP contribution in [0.5, 0.6) is 11.5 Å². The minimum atomic E-state index is -0.177. The van der Waals surface area contributed by atoms with Gasteiger partial charge >= 0.3 is 0 Å². The van der Waals surface area contributed by atoms with Crippen LogP contribution in [0.3, 0.4) is 0 Å². The second-order valence-corrected chi connectivity index (χ2v) is 6.77. The molecule has 1 saturated heterocycles. The van der Waals surface area contributed by atoms with Crippen LogP contribution < -0.4 is 15.0 Å². The summed E-state index contributed by atoms with van der Waals surface area (Å²) in [6.07, 6.45) is 1.80. The van der Waals surface area contributed by atoms with E-state index in [9.17, 15) is 4.79 Å². The average molecular weight is 373 g/mol. The summed E-state index contributed by atoms with van der Waals surface area (Å²) in [5, 5.41) is 2.92. The summed E-state index contributed by atoms with van der Waals surface area (Å²) in [5.41, 5.74) is 3.14. The van der Waals surface area contributed by atoms with Gasteiger partial charge in [-0.15, -0.1) is 0 Å². The SMILES string of the molecule is O=C1Nc2ccccc2Oc2ccc(-c3ccnc(N4CCOCC4)c3)cc21. The third-order valence-electron chi connectivity index (χ3n) is 4.99. The standard InChI is InChI=1S/C22H19N3O3/c26-22-17-13-15(5-6-19(17)28-20-4-2-1-3-18(20)24-22)16-7-8-23-21(14-16)25-9-11-27-12-10-25/h1-8,13-14H,9-12H2,(H,24,26). The van der Waals surface area contributed by atoms with Gasteiger partial charge in [0.2, 0.25) is 0 Å². The molecule has 2 aromatic carbocycles. The number of anilines is 2. The second-order valence-electron chi connectivity index (χ2n) is 6.77. The molecule has 0 atom stereocenters. The first-order chi connectivity index (χ1) is 13.8. The molecule has 0 spiro atoms. The zero-order valence-electron chi connectivity index (χ0n) is 15.2. The van der Waals surface area contributed by atoms with E-state index in [1.165, 1.54) is 0 Å². The number of nitrogens with one attached hydrogen (secondary N) is 1. The van der Waals surface area contributed by atoms with Gasteiger partial charge in [0.1, 0.15) is 11.6 Å². The normalized spacial score (nSPS) is 15.7. The molecule has 1 aromatic heterocycles. The molecule has 0 aliphatic carbocycles. The quantitative estimate of drug-likeness (QED) is 0.737. The molecule has 1 amide bonds. The fraction of sp³-hybridized carbons (Fsp3) is 0.182. The minimum Gasteiger partial charge on any atom is -0.454 e. The third-order valence-corrected chi connectivity index (χ3v) is 4.99. The summed E-state index contributed by atoms with van der Waals surface area (Å²) in [7, 11) is 0. The molecular formula is C22H19N3O3. The van der Waals surface area contributed by atoms with Gasteiger partial charge in [0.25, 0.3) is 5.91 Å². The number of hydrogen-bond acceptors (Lipinski definition) is 5. The lowest BCUT2D eigenvalue weighted by molar-refractivity contribution is 0.102. The number of amides is 1. The van der Waals surface area contributed by atoms with Gasteiger partial charge in [0.15, 0.2) is 5.75 Å². The summed E-state index contributed by atoms with van der Waals surface area (Å²) in [5.74, 6) is 1.93. The Bertz CT molecular complexity index is 1040. The summed E-state index contributed by atoms with van der Waals surface area (Å²) < 4.78 is 11.4. The number of fused-ring (bicyclic) bond motifs is 2. The molecule has 28 heavy (non-hydrogen) atoms. The smallest absolute Gasteiger partial charge is 0.259 e. The van der Waals surface area contributed by atoms with Crippen LogP contribution in [0.2, 0.25) is 0 Å². The highest BCUT2D eigenvalue weighted by molar-refractivity contribution is 6.08. The zero-order valence-corrected chi connectivity index (χ0v) is 15.2. The van der Waals surface area contributed by atoms with Crippen LogP contribution in [0.25, 0.3) is 11.1 Å². The summed E-state index contributed by atoms with van der Waals surface area (Å²) in [4.78, 5) is 19.5. The number of morpholine rings is 1. The van der Waals surface area contributed by atoms with Crippen LogP contribution in [0.15, 0.2) is 60.8 Å². The van der Waals surface area contributed by atoms with E-state index in [-0.39, 0.29) is 5.91 Å². The molecule has 0 radical (unpaired) electrons. The maximum atomic E-state index is 12.7. The van der Waals surface area contributed by atoms with Crippen LogP contribution in [0.1, 0.15) is 10.4 Å². The number of pyridine rings is 1. The molecule has 6 heteroatoms. The predicted molar refractivity (Wildman–Crippen MR) is 107 cm³/mol. The van der Waals surface area contributed by atoms with Gasteiger partial charge in [0.05, 0.1) is 24.5 Å². The summed E-state index contributed by atoms with van der Waals surface area (Å²) in [6, 6.07) is 17.1. The van der Waals surface area contributed by atoms with E-state index >= 15 is 0 Å². The molecule has 1 N–H and O–H groups in total. The molecule has 2 aliphatic rings. The first-order valence-corrected chi connectivity index (χ1v) is 9.29. The fourth-order valence-corrected chi connectivity index (χ4v) is 3.51. The van der Waals surface area contributed by atoms with Gasteiger partial charge in [-0.2, -0.15) is 0 Å². The molecule has 140 valence electrons. The Balaban J connectivity index is 1.50. The average Bonchev–Trinajstić information content (AvgIpc) is 2.90. The Labute approximate surface area is 162 Å². The zero-order chi connectivity index (χ0) is 18.9. The van der Waals surface area contributed by atoms with Crippen molar-refractivity contribution in [3.05, 3.63) is 66.4 Å². The molecule has 3 aromatic rings. The van der Waals surface area contributed by atoms with E-state index in [1.807, 2.05) is 48.5 Å². The lowest BCUT2D eigenvalue weighted by Gasteiger charge is -2.28. The largest absolute Gasteiger partial charge is 0.454 e. The number of rotatable bonds is 2. The molecule has 3 heterocycles. The lowest BCUT2D eigenvalue weighted by Crippen LogP contribution is -2.36. The maximum absolute atomic E-state index is 12.7. The highest BCUT2D eigenvalue weighted by Gasteiger charge is 2.21. The highest BCUT2D eigenvalue weighted by atomic mass is 16.5. The number of aromatic nitrogens is 1. The van der Waals surface area contributed by atoms with E-state index in [0.717, 1.165) is 30.0 Å². The summed E-state index contributed by atoms with van der Waals surface area (Å²) in [6.45, 7) is 3.08. The van der Waals surface area contributed by atoms with Crippen molar-refractivity contribution in [3.63, 3.8) is 0 Å². The molecular weight excluding hydrogens is 354 g/mol. The maximum Gasteiger partial charge on any atom is 0.259 e. The van der Waals surface area contributed by atoms with Crippen molar-refractivity contribution in [3.8, 4) is 22.6 Å². The second kappa shape index (κ2) is 6.98. The van der Waals surface area contributed by atoms with Gasteiger partial charge < -0.3 is 19.7 Å². The van der Waals surface area contributed by atoms with E-state index in [0.29, 0.717) is 36.0 Å². The number of para-hydroxylation sites is 2. The highest BCUT2D eigenvalue weighted by Crippen LogP contribution is 2.37. The van der Waals surface area contributed by atoms with Gasteiger partial charge in [0, 0.05) is 19.3 Å². The third kappa shape index (κ3) is 3.08. The molecule has 6 nitrogen and oxygen atoms in total. The van der Waals surface area contributed by atoms with Crippen molar-refractivity contribution in [1.29, 1.82) is 0 Å². The fourth-order valence-electron chi connectivity index (χ4n) is 3.51. The van der Waals surface area contributed by atoms with E-state index in [2.05, 4.69) is 21.3 Å². The van der Waals surface area contributed by atoms with Crippen LogP contribution in [-0.2, 0) is 4.74 Å². The molecule has 5 rings (SSSR count). The Hall–Kier alpha value is -3.38. The van der Waals surface area contributed by atoms with Gasteiger partial charge in [-0.1, -0.05) is 18.2 Å². The van der Waals surface area contributed by atoms with Crippen molar-refractivity contribution in [2.24, 2.45) is 0 Å². The number of ether oxygens (including phenoxy) is 2. The monoisotopic (exact) mass is 373 g/mol. The molecule has 0 unspecified atom stereocenters. The number of carbonyl (C=O) groups excluding carboxylic acids is 1. The Morgan fingerprint density at radius 2 is 1.75 bits per heavy atom. The molecule has 0 saturated carbocycles. The summed E-state index contributed by atoms with van der Waals surface area (Å²) >= 11 is 0. The molecule has 1 fully saturated rings. The van der Waals surface area contributed by atoms with Crippen LogP contribution in [0, 0.1) is 0 Å². The Morgan fingerprint density at radius 1 is 0.929 bits per heavy atom. The topological polar surface area (TPSA) is 63.7 Å². The van der Waals surface area contributed by atoms with Crippen LogP contribution >= 0.6 is 0 Å². The van der Waals surface area contributed by atoms with Crippen molar-refractivity contribution in [2.45, 2.75) is 0 Å². The van der Waals surface area contributed by atoms with Crippen LogP contribution in [-0.4, -0.2) is 37.2 Å². The van der Waals surface area contributed by atoms with E-state index < -0.39 is 0 Å².